The number of nitrogens with zero attached hydrogens (tertiary/aromatic N) is 3. The molecule has 1 saturated heterocycles. The van der Waals surface area contributed by atoms with Gasteiger partial charge < -0.3 is 9.84 Å². The van der Waals surface area contributed by atoms with E-state index in [0.717, 1.165) is 12.8 Å². The number of hydrogen-bond donors (Lipinski definition) is 1. The number of anilines is 1. The highest BCUT2D eigenvalue weighted by Crippen LogP contribution is 2.28. The van der Waals surface area contributed by atoms with E-state index in [2.05, 4.69) is 15.5 Å². The van der Waals surface area contributed by atoms with Crippen LogP contribution in [-0.2, 0) is 4.79 Å². The topological polar surface area (TPSA) is 71.3 Å². The summed E-state index contributed by atoms with van der Waals surface area (Å²) in [5.74, 6) is 0.0933. The van der Waals surface area contributed by atoms with Crippen LogP contribution >= 0.6 is 0 Å². The first kappa shape index (κ1) is 19.2. The summed E-state index contributed by atoms with van der Waals surface area (Å²) in [6.45, 7) is 1.60. The van der Waals surface area contributed by atoms with Gasteiger partial charge in [0.2, 0.25) is 17.6 Å². The Kier molecular flexibility index (Phi) is 5.62. The highest BCUT2D eigenvalue weighted by Gasteiger charge is 2.26. The lowest BCUT2D eigenvalue weighted by molar-refractivity contribution is -0.117. The maximum atomic E-state index is 13.6. The van der Waals surface area contributed by atoms with E-state index in [1.165, 1.54) is 24.3 Å². The van der Waals surface area contributed by atoms with E-state index in [4.69, 9.17) is 4.52 Å². The molecule has 2 heterocycles. The molecule has 0 bridgehead atoms. The van der Waals surface area contributed by atoms with Gasteiger partial charge in [0.15, 0.2) is 0 Å². The van der Waals surface area contributed by atoms with Crippen LogP contribution in [-0.4, -0.2) is 40.6 Å². The monoisotopic (exact) mass is 398 g/mol. The molecule has 6 nitrogen and oxygen atoms in total. The quantitative estimate of drug-likeness (QED) is 0.707. The first-order valence-corrected chi connectivity index (χ1v) is 9.45. The van der Waals surface area contributed by atoms with Gasteiger partial charge in [-0.3, -0.25) is 9.69 Å². The molecule has 0 spiro atoms. The molecule has 4 rings (SSSR count). The second-order valence-electron chi connectivity index (χ2n) is 7.04. The minimum Gasteiger partial charge on any atom is -0.339 e. The van der Waals surface area contributed by atoms with E-state index in [-0.39, 0.29) is 29.9 Å². The third kappa shape index (κ3) is 4.65. The molecule has 0 aliphatic carbocycles. The van der Waals surface area contributed by atoms with Gasteiger partial charge in [-0.05, 0) is 62.3 Å². The number of para-hydroxylation sites is 1. The summed E-state index contributed by atoms with van der Waals surface area (Å²) in [7, 11) is 0. The number of nitrogens with one attached hydrogen (secondary N) is 1. The van der Waals surface area contributed by atoms with Crippen LogP contribution < -0.4 is 5.32 Å². The molecular weight excluding hydrogens is 378 g/mol. The molecule has 1 aliphatic rings. The average Bonchev–Trinajstić information content (AvgIpc) is 3.21. The van der Waals surface area contributed by atoms with Crippen LogP contribution in [0.4, 0.5) is 14.5 Å². The lowest BCUT2D eigenvalue weighted by atomic mass is 9.97. The van der Waals surface area contributed by atoms with Crippen LogP contribution in [0.2, 0.25) is 0 Å². The third-order valence-electron chi connectivity index (χ3n) is 5.00. The molecule has 0 unspecified atom stereocenters. The zero-order valence-corrected chi connectivity index (χ0v) is 15.6. The Morgan fingerprint density at radius 2 is 1.83 bits per heavy atom. The summed E-state index contributed by atoms with van der Waals surface area (Å²) in [6.07, 6.45) is 1.55. The molecule has 1 amide bonds. The standard InChI is InChI=1S/C21H20F2N4O2/c22-16-7-5-14(6-8-16)20-25-21(29-26-20)15-9-11-27(12-10-15)13-19(28)24-18-4-2-1-3-17(18)23/h1-8,15H,9-13H2,(H,24,28). The van der Waals surface area contributed by atoms with Gasteiger partial charge in [0, 0.05) is 11.5 Å². The van der Waals surface area contributed by atoms with Crippen molar-refractivity contribution >= 4 is 11.6 Å². The predicted octanol–water partition coefficient (Wildman–Crippen LogP) is 3.83. The van der Waals surface area contributed by atoms with E-state index in [1.807, 2.05) is 4.90 Å². The fourth-order valence-electron chi connectivity index (χ4n) is 3.41. The zero-order chi connectivity index (χ0) is 20.2. The van der Waals surface area contributed by atoms with Gasteiger partial charge in [-0.25, -0.2) is 8.78 Å². The Labute approximate surface area is 166 Å². The number of benzene rings is 2. The van der Waals surface area contributed by atoms with Crippen molar-refractivity contribution < 1.29 is 18.1 Å². The molecule has 0 radical (unpaired) electrons. The van der Waals surface area contributed by atoms with Crippen molar-refractivity contribution in [2.45, 2.75) is 18.8 Å². The average molecular weight is 398 g/mol. The molecule has 29 heavy (non-hydrogen) atoms. The molecule has 1 fully saturated rings. The number of aromatic nitrogens is 2. The van der Waals surface area contributed by atoms with Crippen molar-refractivity contribution in [1.82, 2.24) is 15.0 Å². The highest BCUT2D eigenvalue weighted by atomic mass is 19.1. The van der Waals surface area contributed by atoms with Crippen LogP contribution in [0.15, 0.2) is 53.1 Å². The molecule has 1 aromatic heterocycles. The minimum absolute atomic E-state index is 0.113. The number of carbonyl (C=O) groups is 1. The number of amides is 1. The third-order valence-corrected chi connectivity index (χ3v) is 5.00. The van der Waals surface area contributed by atoms with Gasteiger partial charge in [-0.1, -0.05) is 17.3 Å². The summed E-state index contributed by atoms with van der Waals surface area (Å²) in [6, 6.07) is 12.0. The molecule has 2 aromatic carbocycles. The van der Waals surface area contributed by atoms with Gasteiger partial charge >= 0.3 is 0 Å². The van der Waals surface area contributed by atoms with E-state index in [0.29, 0.717) is 30.4 Å². The van der Waals surface area contributed by atoms with Crippen LogP contribution in [0.25, 0.3) is 11.4 Å². The predicted molar refractivity (Wildman–Crippen MR) is 103 cm³/mol. The molecule has 1 N–H and O–H groups in total. The van der Waals surface area contributed by atoms with E-state index >= 15 is 0 Å². The van der Waals surface area contributed by atoms with Crippen molar-refractivity contribution in [1.29, 1.82) is 0 Å². The molecule has 0 atom stereocenters. The molecule has 150 valence electrons. The summed E-state index contributed by atoms with van der Waals surface area (Å²) in [4.78, 5) is 18.6. The SMILES string of the molecule is O=C(CN1CCC(c2nc(-c3ccc(F)cc3)no2)CC1)Nc1ccccc1F. The number of piperidine rings is 1. The first-order chi connectivity index (χ1) is 14.1. The van der Waals surface area contributed by atoms with Gasteiger partial charge in [0.1, 0.15) is 11.6 Å². The summed E-state index contributed by atoms with van der Waals surface area (Å²) < 4.78 is 32.1. The lowest BCUT2D eigenvalue weighted by Gasteiger charge is -2.29. The van der Waals surface area contributed by atoms with Crippen molar-refractivity contribution in [2.75, 3.05) is 25.0 Å². The van der Waals surface area contributed by atoms with Crippen molar-refractivity contribution in [3.8, 4) is 11.4 Å². The van der Waals surface area contributed by atoms with Crippen LogP contribution in [0.5, 0.6) is 0 Å². The summed E-state index contributed by atoms with van der Waals surface area (Å²) in [5, 5.41) is 6.59. The van der Waals surface area contributed by atoms with Crippen molar-refractivity contribution in [3.63, 3.8) is 0 Å². The van der Waals surface area contributed by atoms with Crippen LogP contribution in [0.1, 0.15) is 24.7 Å². The maximum Gasteiger partial charge on any atom is 0.238 e. The summed E-state index contributed by atoms with van der Waals surface area (Å²) >= 11 is 0. The molecular formula is C21H20F2N4O2. The number of halogens is 2. The van der Waals surface area contributed by atoms with Gasteiger partial charge in [0.25, 0.3) is 0 Å². The Balaban J connectivity index is 1.30. The fraction of sp³-hybridized carbons (Fsp3) is 0.286. The number of carbonyl (C=O) groups excluding carboxylic acids is 1. The molecule has 8 heteroatoms. The van der Waals surface area contributed by atoms with E-state index in [1.54, 1.807) is 24.3 Å². The van der Waals surface area contributed by atoms with Crippen molar-refractivity contribution in [2.24, 2.45) is 0 Å². The zero-order valence-electron chi connectivity index (χ0n) is 15.6. The Morgan fingerprint density at radius 1 is 1.10 bits per heavy atom. The Bertz CT molecular complexity index is 982. The van der Waals surface area contributed by atoms with Gasteiger partial charge in [0.05, 0.1) is 12.2 Å². The second kappa shape index (κ2) is 8.48. The molecule has 1 aliphatic heterocycles. The number of rotatable bonds is 5. The normalized spacial score (nSPS) is 15.4. The van der Waals surface area contributed by atoms with Crippen LogP contribution in [0, 0.1) is 11.6 Å². The molecule has 0 saturated carbocycles. The lowest BCUT2D eigenvalue weighted by Crippen LogP contribution is -2.38. The number of likely N-dealkylation sites (tertiary alicyclic amines) is 1. The fourth-order valence-corrected chi connectivity index (χ4v) is 3.41. The highest BCUT2D eigenvalue weighted by molar-refractivity contribution is 5.92. The van der Waals surface area contributed by atoms with E-state index < -0.39 is 5.82 Å². The van der Waals surface area contributed by atoms with Gasteiger partial charge in [-0.15, -0.1) is 0 Å². The largest absolute Gasteiger partial charge is 0.339 e. The smallest absolute Gasteiger partial charge is 0.238 e. The second-order valence-corrected chi connectivity index (χ2v) is 7.04. The summed E-state index contributed by atoms with van der Waals surface area (Å²) in [5.41, 5.74) is 0.884. The molecule has 3 aromatic rings. The Morgan fingerprint density at radius 3 is 2.55 bits per heavy atom. The van der Waals surface area contributed by atoms with Crippen LogP contribution in [0.3, 0.4) is 0 Å². The van der Waals surface area contributed by atoms with E-state index in [9.17, 15) is 13.6 Å². The van der Waals surface area contributed by atoms with Gasteiger partial charge in [-0.2, -0.15) is 4.98 Å². The number of hydrogen-bond acceptors (Lipinski definition) is 5. The first-order valence-electron chi connectivity index (χ1n) is 9.45. The Hall–Kier alpha value is -3.13. The van der Waals surface area contributed by atoms with Crippen molar-refractivity contribution in [3.05, 3.63) is 66.1 Å². The maximum absolute atomic E-state index is 13.6. The minimum atomic E-state index is -0.451.